The summed E-state index contributed by atoms with van der Waals surface area (Å²) >= 11 is 0. The van der Waals surface area contributed by atoms with Crippen molar-refractivity contribution in [1.82, 2.24) is 4.98 Å². The van der Waals surface area contributed by atoms with Gasteiger partial charge in [0.05, 0.1) is 12.6 Å². The zero-order valence-corrected chi connectivity index (χ0v) is 14.4. The topological polar surface area (TPSA) is 59.4 Å². The fourth-order valence-electron chi connectivity index (χ4n) is 2.82. The number of ether oxygens (including phenoxy) is 1. The Balaban J connectivity index is 2.02. The summed E-state index contributed by atoms with van der Waals surface area (Å²) in [6.45, 7) is 3.65. The Bertz CT molecular complexity index is 990. The van der Waals surface area contributed by atoms with E-state index in [2.05, 4.69) is 4.98 Å². The van der Waals surface area contributed by atoms with Gasteiger partial charge in [0.15, 0.2) is 17.3 Å². The Morgan fingerprint density at radius 1 is 1.16 bits per heavy atom. The molecule has 0 aliphatic heterocycles. The van der Waals surface area contributed by atoms with E-state index in [1.54, 1.807) is 31.2 Å². The number of benzene rings is 2. The maximum atomic E-state index is 12.9. The predicted octanol–water partition coefficient (Wildman–Crippen LogP) is 4.54. The van der Waals surface area contributed by atoms with Gasteiger partial charge in [-0.2, -0.15) is 0 Å². The van der Waals surface area contributed by atoms with Crippen LogP contribution in [0.3, 0.4) is 0 Å². The molecule has 0 aliphatic carbocycles. The molecule has 4 nitrogen and oxygen atoms in total. The van der Waals surface area contributed by atoms with Crippen molar-refractivity contribution in [3.63, 3.8) is 0 Å². The molecule has 0 bridgehead atoms. The van der Waals surface area contributed by atoms with Gasteiger partial charge >= 0.3 is 0 Å². The first kappa shape index (κ1) is 16.7. The molecular formula is C21H19NO3. The third-order valence-electron chi connectivity index (χ3n) is 4.03. The van der Waals surface area contributed by atoms with Crippen molar-refractivity contribution < 1.29 is 14.6 Å². The van der Waals surface area contributed by atoms with Crippen LogP contribution in [0, 0.1) is 6.92 Å². The number of carbonyl (C=O) groups is 1. The second kappa shape index (κ2) is 6.77. The minimum Gasteiger partial charge on any atom is -0.504 e. The smallest absolute Gasteiger partial charge is 0.189 e. The maximum absolute atomic E-state index is 12.9. The van der Waals surface area contributed by atoms with E-state index in [-0.39, 0.29) is 11.5 Å². The lowest BCUT2D eigenvalue weighted by Crippen LogP contribution is -2.03. The summed E-state index contributed by atoms with van der Waals surface area (Å²) in [5.74, 6) is 0.385. The molecule has 25 heavy (non-hydrogen) atoms. The van der Waals surface area contributed by atoms with Crippen LogP contribution in [-0.2, 0) is 0 Å². The fourth-order valence-corrected chi connectivity index (χ4v) is 2.82. The first-order chi connectivity index (χ1) is 12.0. The number of aromatic hydroxyl groups is 1. The Kier molecular flexibility index (Phi) is 4.52. The van der Waals surface area contributed by atoms with Gasteiger partial charge in [-0.3, -0.25) is 9.78 Å². The lowest BCUT2D eigenvalue weighted by molar-refractivity contribution is 0.103. The minimum absolute atomic E-state index is 0.0432. The Morgan fingerprint density at radius 2 is 1.92 bits per heavy atom. The van der Waals surface area contributed by atoms with Gasteiger partial charge in [0.25, 0.3) is 0 Å². The molecule has 0 aliphatic rings. The van der Waals surface area contributed by atoms with Crippen LogP contribution in [0.4, 0.5) is 0 Å². The van der Waals surface area contributed by atoms with Crippen molar-refractivity contribution in [1.29, 1.82) is 0 Å². The standard InChI is InChI=1S/C21H19NO3/c1-13(10-15-8-9-20(25-3)19(23)12-15)21(24)17-11-14(2)22-18-7-5-4-6-16(17)18/h4-12,23H,1-3H3/b13-10+. The Hall–Kier alpha value is -3.14. The normalized spacial score (nSPS) is 11.6. The Labute approximate surface area is 146 Å². The van der Waals surface area contributed by atoms with E-state index in [0.717, 1.165) is 22.2 Å². The van der Waals surface area contributed by atoms with Gasteiger partial charge in [0.1, 0.15) is 0 Å². The van der Waals surface area contributed by atoms with E-state index in [1.165, 1.54) is 7.11 Å². The molecule has 0 fully saturated rings. The van der Waals surface area contributed by atoms with Crippen molar-refractivity contribution in [3.8, 4) is 11.5 Å². The number of phenolic OH excluding ortho intramolecular Hbond substituents is 1. The summed E-state index contributed by atoms with van der Waals surface area (Å²) in [4.78, 5) is 17.4. The molecule has 1 aromatic heterocycles. The van der Waals surface area contributed by atoms with Crippen molar-refractivity contribution in [2.75, 3.05) is 7.11 Å². The number of carbonyl (C=O) groups excluding carboxylic acids is 1. The van der Waals surface area contributed by atoms with Crippen LogP contribution in [0.2, 0.25) is 0 Å². The van der Waals surface area contributed by atoms with Crippen molar-refractivity contribution in [3.05, 3.63) is 70.9 Å². The molecule has 1 heterocycles. The molecular weight excluding hydrogens is 314 g/mol. The van der Waals surface area contributed by atoms with Gasteiger partial charge in [-0.05, 0) is 55.3 Å². The third kappa shape index (κ3) is 3.38. The predicted molar refractivity (Wildman–Crippen MR) is 99.1 cm³/mol. The molecule has 0 unspecified atom stereocenters. The number of methoxy groups -OCH3 is 1. The number of Topliss-reactive ketones (excluding diaryl/α,β-unsaturated/α-hetero) is 1. The van der Waals surface area contributed by atoms with E-state index in [9.17, 15) is 9.90 Å². The van der Waals surface area contributed by atoms with Crippen LogP contribution in [0.25, 0.3) is 17.0 Å². The van der Waals surface area contributed by atoms with Crippen molar-refractivity contribution in [2.45, 2.75) is 13.8 Å². The molecule has 0 amide bonds. The average Bonchev–Trinajstić information content (AvgIpc) is 2.60. The van der Waals surface area contributed by atoms with Crippen molar-refractivity contribution in [2.24, 2.45) is 0 Å². The second-order valence-electron chi connectivity index (χ2n) is 5.92. The monoisotopic (exact) mass is 333 g/mol. The van der Waals surface area contributed by atoms with E-state index >= 15 is 0 Å². The number of ketones is 1. The molecule has 126 valence electrons. The summed E-state index contributed by atoms with van der Waals surface area (Å²) in [7, 11) is 1.50. The highest BCUT2D eigenvalue weighted by molar-refractivity contribution is 6.17. The van der Waals surface area contributed by atoms with Gasteiger partial charge in [-0.15, -0.1) is 0 Å². The van der Waals surface area contributed by atoms with Crippen LogP contribution < -0.4 is 4.74 Å². The van der Waals surface area contributed by atoms with Crippen LogP contribution in [0.1, 0.15) is 28.5 Å². The highest BCUT2D eigenvalue weighted by Crippen LogP contribution is 2.28. The van der Waals surface area contributed by atoms with Gasteiger partial charge in [-0.25, -0.2) is 0 Å². The van der Waals surface area contributed by atoms with Gasteiger partial charge < -0.3 is 9.84 Å². The summed E-state index contributed by atoms with van der Waals surface area (Å²) in [6, 6.07) is 14.5. The van der Waals surface area contributed by atoms with Crippen LogP contribution in [0.5, 0.6) is 11.5 Å². The first-order valence-corrected chi connectivity index (χ1v) is 7.96. The number of aryl methyl sites for hydroxylation is 1. The van der Waals surface area contributed by atoms with Gasteiger partial charge in [0.2, 0.25) is 0 Å². The van der Waals surface area contributed by atoms with Crippen molar-refractivity contribution >= 4 is 22.8 Å². The second-order valence-corrected chi connectivity index (χ2v) is 5.92. The average molecular weight is 333 g/mol. The number of aromatic nitrogens is 1. The van der Waals surface area contributed by atoms with Crippen LogP contribution in [-0.4, -0.2) is 23.0 Å². The number of hydrogen-bond donors (Lipinski definition) is 1. The molecule has 0 saturated heterocycles. The highest BCUT2D eigenvalue weighted by atomic mass is 16.5. The molecule has 3 aromatic rings. The van der Waals surface area contributed by atoms with E-state index in [0.29, 0.717) is 16.9 Å². The maximum Gasteiger partial charge on any atom is 0.189 e. The quantitative estimate of drug-likeness (QED) is 0.562. The number of pyridine rings is 1. The molecule has 0 atom stereocenters. The largest absolute Gasteiger partial charge is 0.504 e. The van der Waals surface area contributed by atoms with Crippen LogP contribution in [0.15, 0.2) is 54.1 Å². The minimum atomic E-state index is -0.0583. The fraction of sp³-hybridized carbons (Fsp3) is 0.143. The SMILES string of the molecule is COc1ccc(/C=C(\C)C(=O)c2cc(C)nc3ccccc23)cc1O. The third-order valence-corrected chi connectivity index (χ3v) is 4.03. The summed E-state index contributed by atoms with van der Waals surface area (Å²) in [5.41, 5.74) is 3.56. The summed E-state index contributed by atoms with van der Waals surface area (Å²) in [5, 5.41) is 10.7. The number of hydrogen-bond acceptors (Lipinski definition) is 4. The Morgan fingerprint density at radius 3 is 2.64 bits per heavy atom. The number of para-hydroxylation sites is 1. The lowest BCUT2D eigenvalue weighted by atomic mass is 9.98. The molecule has 2 aromatic carbocycles. The van der Waals surface area contributed by atoms with E-state index < -0.39 is 0 Å². The number of fused-ring (bicyclic) bond motifs is 1. The van der Waals surface area contributed by atoms with Crippen LogP contribution >= 0.6 is 0 Å². The zero-order valence-electron chi connectivity index (χ0n) is 14.4. The zero-order chi connectivity index (χ0) is 18.0. The molecule has 1 N–H and O–H groups in total. The molecule has 3 rings (SSSR count). The summed E-state index contributed by atoms with van der Waals surface area (Å²) in [6.07, 6.45) is 1.76. The number of allylic oxidation sites excluding steroid dienone is 1. The van der Waals surface area contributed by atoms with E-state index in [4.69, 9.17) is 4.74 Å². The molecule has 4 heteroatoms. The lowest BCUT2D eigenvalue weighted by Gasteiger charge is -2.08. The first-order valence-electron chi connectivity index (χ1n) is 7.96. The number of rotatable bonds is 4. The number of phenols is 1. The summed E-state index contributed by atoms with van der Waals surface area (Å²) < 4.78 is 5.04. The molecule has 0 spiro atoms. The molecule has 0 saturated carbocycles. The van der Waals surface area contributed by atoms with Gasteiger partial charge in [-0.1, -0.05) is 24.3 Å². The number of nitrogens with zero attached hydrogens (tertiary/aromatic N) is 1. The highest BCUT2D eigenvalue weighted by Gasteiger charge is 2.14. The van der Waals surface area contributed by atoms with Gasteiger partial charge in [0, 0.05) is 16.6 Å². The molecule has 0 radical (unpaired) electrons. The van der Waals surface area contributed by atoms with E-state index in [1.807, 2.05) is 37.3 Å².